The van der Waals surface area contributed by atoms with Crippen molar-refractivity contribution >= 4 is 41.3 Å². The zero-order valence-corrected chi connectivity index (χ0v) is 5.54. The first-order valence-electron chi connectivity index (χ1n) is 1.95. The number of hydrogen-bond acceptors (Lipinski definition) is 2. The predicted octanol–water partition coefficient (Wildman–Crippen LogP) is 0.680. The average Bonchev–Trinajstić information content (AvgIpc) is 2.12. The molecule has 1 unspecified atom stereocenters. The van der Waals surface area contributed by atoms with Gasteiger partial charge in [0, 0.05) is 0 Å². The molecule has 1 rings (SSSR count). The van der Waals surface area contributed by atoms with Crippen LogP contribution < -0.4 is 0 Å². The van der Waals surface area contributed by atoms with E-state index in [1.54, 1.807) is 17.5 Å². The van der Waals surface area contributed by atoms with E-state index in [0.717, 1.165) is 0 Å². The van der Waals surface area contributed by atoms with Gasteiger partial charge in [0.1, 0.15) is 4.21 Å². The molecule has 2 nitrogen and oxygen atoms in total. The van der Waals surface area contributed by atoms with Crippen molar-refractivity contribution in [2.45, 2.75) is 4.21 Å². The van der Waals surface area contributed by atoms with Gasteiger partial charge in [0.2, 0.25) is 0 Å². The summed E-state index contributed by atoms with van der Waals surface area (Å²) < 4.78 is 19.1. The van der Waals surface area contributed by atoms with Crippen molar-refractivity contribution in [1.29, 1.82) is 0 Å². The Morgan fingerprint density at radius 2 is 2.33 bits per heavy atom. The van der Waals surface area contributed by atoms with Crippen molar-refractivity contribution in [1.82, 2.24) is 0 Å². The quantitative estimate of drug-likeness (QED) is 0.479. The molecule has 0 amide bonds. The molecule has 0 saturated carbocycles. The summed E-state index contributed by atoms with van der Waals surface area (Å²) in [5, 5.41) is 1.77. The zero-order chi connectivity index (χ0) is 5.98. The predicted molar refractivity (Wildman–Crippen MR) is 40.5 cm³/mol. The Labute approximate surface area is 71.7 Å². The zero-order valence-electron chi connectivity index (χ0n) is 3.90. The molecule has 1 heterocycles. The molecule has 0 saturated heterocycles. The van der Waals surface area contributed by atoms with Gasteiger partial charge in [0.05, 0.1) is 0 Å². The summed E-state index contributed by atoms with van der Waals surface area (Å²) in [7, 11) is 0. The van der Waals surface area contributed by atoms with Gasteiger partial charge in [-0.3, -0.25) is 0 Å². The molecule has 0 aliphatic rings. The van der Waals surface area contributed by atoms with Gasteiger partial charge in [0.15, 0.2) is 11.1 Å². The summed E-state index contributed by atoms with van der Waals surface area (Å²) in [6.07, 6.45) is 0. The van der Waals surface area contributed by atoms with E-state index < -0.39 is 11.1 Å². The molecule has 1 atom stereocenters. The SMILES string of the molecule is O=S(O)c1cccs1.[LiH]. The normalized spacial score (nSPS) is 12.1. The van der Waals surface area contributed by atoms with Gasteiger partial charge in [-0.05, 0) is 11.4 Å². The van der Waals surface area contributed by atoms with Crippen molar-refractivity contribution in [3.05, 3.63) is 17.5 Å². The van der Waals surface area contributed by atoms with Crippen LogP contribution in [0.2, 0.25) is 0 Å². The van der Waals surface area contributed by atoms with E-state index in [1.165, 1.54) is 11.3 Å². The third-order valence-electron chi connectivity index (χ3n) is 0.667. The first kappa shape index (κ1) is 9.41. The Hall–Kier alpha value is 0.407. The van der Waals surface area contributed by atoms with E-state index >= 15 is 0 Å². The van der Waals surface area contributed by atoms with Crippen LogP contribution in [0.1, 0.15) is 0 Å². The van der Waals surface area contributed by atoms with Gasteiger partial charge in [-0.2, -0.15) is 0 Å². The summed E-state index contributed by atoms with van der Waals surface area (Å²) in [6, 6.07) is 3.37. The molecular formula is C4H5LiO2S2. The van der Waals surface area contributed by atoms with Crippen LogP contribution in [0.3, 0.4) is 0 Å². The van der Waals surface area contributed by atoms with Crippen LogP contribution in [0.25, 0.3) is 0 Å². The van der Waals surface area contributed by atoms with Crippen molar-refractivity contribution in [3.63, 3.8) is 0 Å². The summed E-state index contributed by atoms with van der Waals surface area (Å²) in [5.74, 6) is 0. The van der Waals surface area contributed by atoms with Crippen LogP contribution in [-0.4, -0.2) is 27.6 Å². The van der Waals surface area contributed by atoms with Gasteiger partial charge in [-0.15, -0.1) is 11.3 Å². The number of thiophene rings is 1. The van der Waals surface area contributed by atoms with E-state index in [1.807, 2.05) is 0 Å². The molecule has 1 N–H and O–H groups in total. The van der Waals surface area contributed by atoms with E-state index in [9.17, 15) is 4.21 Å². The molecule has 0 fully saturated rings. The number of hydrogen-bond donors (Lipinski definition) is 1. The molecule has 46 valence electrons. The molecule has 1 aromatic heterocycles. The van der Waals surface area contributed by atoms with Crippen molar-refractivity contribution in [2.24, 2.45) is 0 Å². The maximum atomic E-state index is 10.2. The minimum absolute atomic E-state index is 0. The van der Waals surface area contributed by atoms with Crippen molar-refractivity contribution in [2.75, 3.05) is 0 Å². The van der Waals surface area contributed by atoms with Crippen LogP contribution in [0.5, 0.6) is 0 Å². The molecule has 5 heteroatoms. The molecule has 0 aliphatic carbocycles. The van der Waals surface area contributed by atoms with E-state index in [4.69, 9.17) is 4.55 Å². The van der Waals surface area contributed by atoms with Crippen molar-refractivity contribution < 1.29 is 8.76 Å². The van der Waals surface area contributed by atoms with E-state index in [2.05, 4.69) is 0 Å². The standard InChI is InChI=1S/C4H4O2S2.Li.H/c5-8(6)4-2-1-3-7-4;;/h1-3H,(H,5,6);;. The van der Waals surface area contributed by atoms with Crippen LogP contribution in [0.4, 0.5) is 0 Å². The Bertz CT molecular complexity index is 184. The molecule has 0 radical (unpaired) electrons. The third kappa shape index (κ3) is 2.65. The van der Waals surface area contributed by atoms with E-state index in [0.29, 0.717) is 4.21 Å². The van der Waals surface area contributed by atoms with E-state index in [-0.39, 0.29) is 18.9 Å². The van der Waals surface area contributed by atoms with Gasteiger partial charge in [-0.1, -0.05) is 6.07 Å². The van der Waals surface area contributed by atoms with Crippen LogP contribution in [0.15, 0.2) is 21.7 Å². The van der Waals surface area contributed by atoms with Crippen LogP contribution in [-0.2, 0) is 11.1 Å². The molecular weight excluding hydrogens is 151 g/mol. The molecule has 0 spiro atoms. The number of rotatable bonds is 1. The molecule has 0 aromatic carbocycles. The second-order valence-corrected chi connectivity index (χ2v) is 3.33. The fourth-order valence-electron chi connectivity index (χ4n) is 0.363. The Kier molecular flexibility index (Phi) is 4.45. The monoisotopic (exact) mass is 156 g/mol. The van der Waals surface area contributed by atoms with Crippen LogP contribution >= 0.6 is 11.3 Å². The molecule has 9 heavy (non-hydrogen) atoms. The molecule has 0 aliphatic heterocycles. The van der Waals surface area contributed by atoms with Gasteiger partial charge in [-0.25, -0.2) is 4.21 Å². The summed E-state index contributed by atoms with van der Waals surface area (Å²) in [6.45, 7) is 0. The fourth-order valence-corrected chi connectivity index (χ4v) is 1.50. The second-order valence-electron chi connectivity index (χ2n) is 1.18. The topological polar surface area (TPSA) is 37.3 Å². The Morgan fingerprint density at radius 3 is 2.56 bits per heavy atom. The summed E-state index contributed by atoms with van der Waals surface area (Å²) in [5.41, 5.74) is 0. The molecule has 0 bridgehead atoms. The summed E-state index contributed by atoms with van der Waals surface area (Å²) >= 11 is -0.498. The Balaban J connectivity index is 0.000000640. The summed E-state index contributed by atoms with van der Waals surface area (Å²) in [4.78, 5) is 0. The van der Waals surface area contributed by atoms with Crippen molar-refractivity contribution in [3.8, 4) is 0 Å². The van der Waals surface area contributed by atoms with Crippen LogP contribution in [0, 0.1) is 0 Å². The van der Waals surface area contributed by atoms with Gasteiger partial charge in [0.25, 0.3) is 0 Å². The minimum atomic E-state index is -1.78. The first-order valence-corrected chi connectivity index (χ1v) is 3.93. The van der Waals surface area contributed by atoms with Gasteiger partial charge < -0.3 is 4.55 Å². The van der Waals surface area contributed by atoms with Gasteiger partial charge >= 0.3 is 18.9 Å². The average molecular weight is 156 g/mol. The first-order chi connectivity index (χ1) is 3.80. The third-order valence-corrected chi connectivity index (χ3v) is 2.53. The molecule has 1 aromatic rings. The maximum absolute atomic E-state index is 10.2. The second kappa shape index (κ2) is 4.26. The fraction of sp³-hybridized carbons (Fsp3) is 0. The Morgan fingerprint density at radius 1 is 1.67 bits per heavy atom.